The molecule has 1 N–H and O–H groups in total. The van der Waals surface area contributed by atoms with Gasteiger partial charge in [-0.2, -0.15) is 5.10 Å². The summed E-state index contributed by atoms with van der Waals surface area (Å²) in [6, 6.07) is 2.97. The van der Waals surface area contributed by atoms with Gasteiger partial charge in [-0.25, -0.2) is 23.3 Å². The molecule has 0 aromatic carbocycles. The lowest BCUT2D eigenvalue weighted by Gasteiger charge is -2.32. The van der Waals surface area contributed by atoms with Gasteiger partial charge in [-0.15, -0.1) is 0 Å². The van der Waals surface area contributed by atoms with Crippen LogP contribution in [0.15, 0.2) is 29.3 Å². The van der Waals surface area contributed by atoms with E-state index in [1.54, 1.807) is 16.8 Å². The summed E-state index contributed by atoms with van der Waals surface area (Å²) in [6.07, 6.45) is 1.40. The van der Waals surface area contributed by atoms with E-state index in [0.29, 0.717) is 29.3 Å². The Morgan fingerprint density at radius 1 is 1.30 bits per heavy atom. The van der Waals surface area contributed by atoms with Crippen molar-refractivity contribution in [3.63, 3.8) is 0 Å². The molecule has 4 aromatic rings. The van der Waals surface area contributed by atoms with E-state index in [2.05, 4.69) is 20.4 Å². The number of nitrogens with zero attached hydrogens (tertiary/aromatic N) is 5. The lowest BCUT2D eigenvalue weighted by Crippen LogP contribution is -2.46. The minimum absolute atomic E-state index is 0.00199. The Labute approximate surface area is 173 Å². The maximum Gasteiger partial charge on any atom is 0.259 e. The fourth-order valence-corrected chi connectivity index (χ4v) is 4.80. The number of hydrogen-bond donors (Lipinski definition) is 1. The topological polar surface area (TPSA) is 85.8 Å². The SMILES string of the molecule is COc1cc(-c2cc(=O)n3cc([C@]4(F)CCNC[C@H]4F)sc3n2)nn2cc(C)nc12. The van der Waals surface area contributed by atoms with E-state index in [-0.39, 0.29) is 22.8 Å². The summed E-state index contributed by atoms with van der Waals surface area (Å²) < 4.78 is 37.9. The average molecular weight is 432 g/mol. The Morgan fingerprint density at radius 3 is 2.90 bits per heavy atom. The number of thiazole rings is 1. The van der Waals surface area contributed by atoms with E-state index in [1.165, 1.54) is 23.8 Å². The van der Waals surface area contributed by atoms with Crippen LogP contribution in [0.2, 0.25) is 0 Å². The van der Waals surface area contributed by atoms with Crippen molar-refractivity contribution >= 4 is 21.9 Å². The summed E-state index contributed by atoms with van der Waals surface area (Å²) in [5.41, 5.74) is -0.491. The first-order valence-corrected chi connectivity index (χ1v) is 10.2. The summed E-state index contributed by atoms with van der Waals surface area (Å²) in [4.78, 5) is 22.0. The van der Waals surface area contributed by atoms with Gasteiger partial charge in [0, 0.05) is 31.3 Å². The Balaban J connectivity index is 1.65. The van der Waals surface area contributed by atoms with Gasteiger partial charge in [0.2, 0.25) is 0 Å². The van der Waals surface area contributed by atoms with Crippen LogP contribution in [-0.2, 0) is 5.67 Å². The van der Waals surface area contributed by atoms with Gasteiger partial charge in [0.25, 0.3) is 5.56 Å². The van der Waals surface area contributed by atoms with E-state index < -0.39 is 17.4 Å². The maximum atomic E-state index is 15.4. The molecule has 0 unspecified atom stereocenters. The zero-order chi connectivity index (χ0) is 21.0. The minimum atomic E-state index is -2.13. The van der Waals surface area contributed by atoms with Crippen LogP contribution >= 0.6 is 11.3 Å². The second-order valence-corrected chi connectivity index (χ2v) is 8.27. The zero-order valence-electron chi connectivity index (χ0n) is 16.2. The molecule has 0 bridgehead atoms. The van der Waals surface area contributed by atoms with E-state index >= 15 is 4.39 Å². The van der Waals surface area contributed by atoms with Crippen LogP contribution in [0, 0.1) is 6.92 Å². The van der Waals surface area contributed by atoms with Crippen LogP contribution in [0.4, 0.5) is 8.78 Å². The number of ether oxygens (including phenoxy) is 1. The molecule has 0 saturated carbocycles. The van der Waals surface area contributed by atoms with Crippen molar-refractivity contribution in [3.05, 3.63) is 45.5 Å². The summed E-state index contributed by atoms with van der Waals surface area (Å²) in [5, 5.41) is 7.31. The molecule has 1 fully saturated rings. The molecule has 0 radical (unpaired) electrons. The Hall–Kier alpha value is -2.92. The molecule has 30 heavy (non-hydrogen) atoms. The summed E-state index contributed by atoms with van der Waals surface area (Å²) >= 11 is 0.978. The highest BCUT2D eigenvalue weighted by atomic mass is 32.1. The Bertz CT molecular complexity index is 1330. The standard InChI is InChI=1S/C19H18F2N6O2S/c1-10-8-27-17(23-10)13(29-2)5-12(25-27)11-6-16(28)26-9-15(30-18(26)24-11)19(21)3-4-22-7-14(19)20/h5-6,8-9,14,22H,3-4,7H2,1-2H3/t14-,19+/m1/s1. The quantitative estimate of drug-likeness (QED) is 0.535. The number of imidazole rings is 1. The van der Waals surface area contributed by atoms with Crippen molar-refractivity contribution in [3.8, 4) is 17.1 Å². The first-order chi connectivity index (χ1) is 14.4. The predicted molar refractivity (Wildman–Crippen MR) is 108 cm³/mol. The van der Waals surface area contributed by atoms with Gasteiger partial charge >= 0.3 is 0 Å². The van der Waals surface area contributed by atoms with Gasteiger partial charge in [-0.3, -0.25) is 9.20 Å². The highest BCUT2D eigenvalue weighted by Crippen LogP contribution is 2.40. The molecule has 0 aliphatic carbocycles. The zero-order valence-corrected chi connectivity index (χ0v) is 17.0. The first kappa shape index (κ1) is 19.1. The van der Waals surface area contributed by atoms with Crippen molar-refractivity contribution in [2.45, 2.75) is 25.2 Å². The molecule has 1 aliphatic heterocycles. The third-order valence-electron chi connectivity index (χ3n) is 5.26. The summed E-state index contributed by atoms with van der Waals surface area (Å²) in [5.74, 6) is 0.486. The van der Waals surface area contributed by atoms with Crippen LogP contribution in [-0.4, -0.2) is 50.4 Å². The van der Waals surface area contributed by atoms with E-state index in [1.807, 2.05) is 6.92 Å². The molecule has 1 saturated heterocycles. The van der Waals surface area contributed by atoms with Gasteiger partial charge in [-0.05, 0) is 13.5 Å². The Kier molecular flexibility index (Phi) is 4.33. The number of aryl methyl sites for hydroxylation is 1. The number of hydrogen-bond acceptors (Lipinski definition) is 7. The monoisotopic (exact) mass is 432 g/mol. The van der Waals surface area contributed by atoms with Crippen molar-refractivity contribution < 1.29 is 13.5 Å². The molecular weight excluding hydrogens is 414 g/mol. The third-order valence-corrected chi connectivity index (χ3v) is 6.39. The Morgan fingerprint density at radius 2 is 2.13 bits per heavy atom. The highest BCUT2D eigenvalue weighted by Gasteiger charge is 2.45. The van der Waals surface area contributed by atoms with Gasteiger partial charge in [0.1, 0.15) is 5.69 Å². The number of rotatable bonds is 3. The smallest absolute Gasteiger partial charge is 0.259 e. The largest absolute Gasteiger partial charge is 0.493 e. The third kappa shape index (κ3) is 2.88. The van der Waals surface area contributed by atoms with Crippen LogP contribution in [0.1, 0.15) is 17.0 Å². The van der Waals surface area contributed by atoms with Gasteiger partial charge in [0.15, 0.2) is 28.2 Å². The van der Waals surface area contributed by atoms with Crippen molar-refractivity contribution in [1.82, 2.24) is 29.3 Å². The first-order valence-electron chi connectivity index (χ1n) is 9.38. The molecular formula is C19H18F2N6O2S. The van der Waals surface area contributed by atoms with E-state index in [0.717, 1.165) is 17.0 Å². The van der Waals surface area contributed by atoms with E-state index in [9.17, 15) is 9.18 Å². The number of halogens is 2. The molecule has 5 rings (SSSR count). The summed E-state index contributed by atoms with van der Waals surface area (Å²) in [7, 11) is 1.52. The minimum Gasteiger partial charge on any atom is -0.493 e. The fourth-order valence-electron chi connectivity index (χ4n) is 3.66. The van der Waals surface area contributed by atoms with Gasteiger partial charge < -0.3 is 10.1 Å². The van der Waals surface area contributed by atoms with Crippen LogP contribution < -0.4 is 15.6 Å². The molecule has 0 amide bonds. The molecule has 11 heteroatoms. The molecule has 156 valence electrons. The van der Waals surface area contributed by atoms with Crippen molar-refractivity contribution in [2.75, 3.05) is 20.2 Å². The fraction of sp³-hybridized carbons (Fsp3) is 0.368. The molecule has 2 atom stereocenters. The van der Waals surface area contributed by atoms with Crippen LogP contribution in [0.5, 0.6) is 5.75 Å². The number of piperidine rings is 1. The summed E-state index contributed by atoms with van der Waals surface area (Å²) in [6.45, 7) is 2.14. The molecule has 5 heterocycles. The number of nitrogens with one attached hydrogen (secondary N) is 1. The second kappa shape index (κ2) is 6.81. The lowest BCUT2D eigenvalue weighted by atomic mass is 9.91. The second-order valence-electron chi connectivity index (χ2n) is 7.26. The van der Waals surface area contributed by atoms with Crippen LogP contribution in [0.3, 0.4) is 0 Å². The molecule has 4 aromatic heterocycles. The maximum absolute atomic E-state index is 15.4. The van der Waals surface area contributed by atoms with Crippen molar-refractivity contribution in [2.24, 2.45) is 0 Å². The molecule has 0 spiro atoms. The van der Waals surface area contributed by atoms with Crippen LogP contribution in [0.25, 0.3) is 22.0 Å². The van der Waals surface area contributed by atoms with Crippen molar-refractivity contribution in [1.29, 1.82) is 0 Å². The molecule has 1 aliphatic rings. The number of aromatic nitrogens is 5. The highest BCUT2D eigenvalue weighted by molar-refractivity contribution is 7.17. The number of fused-ring (bicyclic) bond motifs is 2. The van der Waals surface area contributed by atoms with Gasteiger partial charge in [0.05, 0.1) is 29.6 Å². The molecule has 8 nitrogen and oxygen atoms in total. The predicted octanol–water partition coefficient (Wildman–Crippen LogP) is 2.28. The lowest BCUT2D eigenvalue weighted by molar-refractivity contribution is 0.0215. The normalized spacial score (nSPS) is 22.1. The average Bonchev–Trinajstić information content (AvgIpc) is 3.32. The van der Waals surface area contributed by atoms with E-state index in [4.69, 9.17) is 4.74 Å². The number of methoxy groups -OCH3 is 1. The van der Waals surface area contributed by atoms with Gasteiger partial charge in [-0.1, -0.05) is 11.3 Å². The number of alkyl halides is 2.